The van der Waals surface area contributed by atoms with Crippen LogP contribution in [0.4, 0.5) is 0 Å². The lowest BCUT2D eigenvalue weighted by Crippen LogP contribution is -2.33. The summed E-state index contributed by atoms with van der Waals surface area (Å²) in [6, 6.07) is 0. The summed E-state index contributed by atoms with van der Waals surface area (Å²) in [4.78, 5) is 10.8. The maximum atomic E-state index is 10.8. The third-order valence-corrected chi connectivity index (χ3v) is 2.74. The lowest BCUT2D eigenvalue weighted by molar-refractivity contribution is -0.150. The fourth-order valence-electron chi connectivity index (χ4n) is 1.68. The summed E-state index contributed by atoms with van der Waals surface area (Å²) >= 11 is 0. The molecule has 14 heavy (non-hydrogen) atoms. The van der Waals surface area contributed by atoms with Crippen molar-refractivity contribution in [3.63, 3.8) is 0 Å². The second kappa shape index (κ2) is 4.11. The first kappa shape index (κ1) is 11.2. The predicted octanol–water partition coefficient (Wildman–Crippen LogP) is 0.803. The van der Waals surface area contributed by atoms with Crippen LogP contribution in [-0.4, -0.2) is 34.5 Å². The highest BCUT2D eigenvalue weighted by Crippen LogP contribution is 2.34. The molecule has 2 N–H and O–H groups in total. The van der Waals surface area contributed by atoms with Crippen molar-refractivity contribution in [3.05, 3.63) is 12.7 Å². The van der Waals surface area contributed by atoms with Gasteiger partial charge in [0.05, 0.1) is 18.3 Å². The molecule has 0 aromatic carbocycles. The number of ether oxygens (including phenoxy) is 1. The second-order valence-corrected chi connectivity index (χ2v) is 3.84. The van der Waals surface area contributed by atoms with E-state index in [2.05, 4.69) is 6.58 Å². The molecule has 1 fully saturated rings. The van der Waals surface area contributed by atoms with Gasteiger partial charge in [0.25, 0.3) is 0 Å². The van der Waals surface area contributed by atoms with Crippen LogP contribution in [0.2, 0.25) is 0 Å². The Morgan fingerprint density at radius 1 is 1.86 bits per heavy atom. The predicted molar refractivity (Wildman–Crippen MR) is 50.9 cm³/mol. The van der Waals surface area contributed by atoms with Crippen LogP contribution in [0.3, 0.4) is 0 Å². The molecular formula is C10H16O4. The largest absolute Gasteiger partial charge is 0.481 e. The highest BCUT2D eigenvalue weighted by Gasteiger charge is 2.40. The molecule has 0 amide bonds. The minimum absolute atomic E-state index is 0.382. The fraction of sp³-hybridized carbons (Fsp3) is 0.700. The summed E-state index contributed by atoms with van der Waals surface area (Å²) in [6.07, 6.45) is 2.69. The highest BCUT2D eigenvalue weighted by atomic mass is 16.5. The number of carboxylic acids is 1. The van der Waals surface area contributed by atoms with Crippen LogP contribution in [0.15, 0.2) is 12.7 Å². The topological polar surface area (TPSA) is 66.8 Å². The van der Waals surface area contributed by atoms with Crippen molar-refractivity contribution in [2.45, 2.75) is 31.5 Å². The monoisotopic (exact) mass is 200 g/mol. The van der Waals surface area contributed by atoms with E-state index in [1.807, 2.05) is 6.92 Å². The van der Waals surface area contributed by atoms with Gasteiger partial charge < -0.3 is 14.9 Å². The Balaban J connectivity index is 2.64. The molecule has 0 bridgehead atoms. The molecule has 0 aliphatic carbocycles. The molecule has 0 unspecified atom stereocenters. The summed E-state index contributed by atoms with van der Waals surface area (Å²) in [5.41, 5.74) is -0.437. The zero-order valence-electron chi connectivity index (χ0n) is 8.27. The van der Waals surface area contributed by atoms with Crippen LogP contribution < -0.4 is 0 Å². The Bertz CT molecular complexity index is 238. The smallest absolute Gasteiger partial charge is 0.311 e. The zero-order valence-corrected chi connectivity index (χ0v) is 8.27. The molecule has 1 rings (SSSR count). The van der Waals surface area contributed by atoms with Gasteiger partial charge in [-0.15, -0.1) is 6.58 Å². The maximum absolute atomic E-state index is 10.8. The molecular weight excluding hydrogens is 184 g/mol. The molecule has 1 aliphatic rings. The molecule has 0 radical (unpaired) electrons. The quantitative estimate of drug-likeness (QED) is 0.659. The number of carboxylic acid groups (broad SMARTS) is 1. The lowest BCUT2D eigenvalue weighted by Gasteiger charge is -2.23. The third-order valence-electron chi connectivity index (χ3n) is 2.74. The number of rotatable bonds is 4. The van der Waals surface area contributed by atoms with Crippen LogP contribution in [0.25, 0.3) is 0 Å². The van der Waals surface area contributed by atoms with Gasteiger partial charge in [-0.1, -0.05) is 6.08 Å². The molecule has 1 aliphatic heterocycles. The van der Waals surface area contributed by atoms with Gasteiger partial charge in [0.15, 0.2) is 0 Å². The third kappa shape index (κ3) is 2.13. The van der Waals surface area contributed by atoms with Gasteiger partial charge in [0.1, 0.15) is 5.92 Å². The normalized spacial score (nSPS) is 34.0. The van der Waals surface area contributed by atoms with Crippen LogP contribution in [0.5, 0.6) is 0 Å². The van der Waals surface area contributed by atoms with E-state index in [1.54, 1.807) is 6.08 Å². The van der Waals surface area contributed by atoms with Gasteiger partial charge in [-0.05, 0) is 19.8 Å². The molecule has 3 atom stereocenters. The van der Waals surface area contributed by atoms with E-state index in [1.165, 1.54) is 0 Å². The maximum Gasteiger partial charge on any atom is 0.311 e. The summed E-state index contributed by atoms with van der Waals surface area (Å²) in [5, 5.41) is 17.7. The van der Waals surface area contributed by atoms with Crippen molar-refractivity contribution in [1.82, 2.24) is 0 Å². The summed E-state index contributed by atoms with van der Waals surface area (Å²) < 4.78 is 5.55. The molecule has 4 heteroatoms. The second-order valence-electron chi connectivity index (χ2n) is 3.84. The summed E-state index contributed by atoms with van der Waals surface area (Å²) in [6.45, 7) is 5.13. The Labute approximate surface area is 83.2 Å². The van der Waals surface area contributed by atoms with Crippen LogP contribution in [0.1, 0.15) is 19.8 Å². The van der Waals surface area contributed by atoms with Gasteiger partial charge in [-0.2, -0.15) is 0 Å². The molecule has 0 spiro atoms. The summed E-state index contributed by atoms with van der Waals surface area (Å²) in [7, 11) is 0. The van der Waals surface area contributed by atoms with E-state index in [4.69, 9.17) is 14.9 Å². The number of aliphatic hydroxyl groups is 1. The van der Waals surface area contributed by atoms with Crippen LogP contribution >= 0.6 is 0 Å². The number of hydrogen-bond acceptors (Lipinski definition) is 3. The number of aliphatic carboxylic acids is 1. The van der Waals surface area contributed by atoms with Gasteiger partial charge in [-0.25, -0.2) is 0 Å². The van der Waals surface area contributed by atoms with Crippen molar-refractivity contribution in [1.29, 1.82) is 0 Å². The molecule has 80 valence electrons. The first-order chi connectivity index (χ1) is 6.52. The van der Waals surface area contributed by atoms with Crippen LogP contribution in [0, 0.1) is 5.92 Å². The Hall–Kier alpha value is -0.870. The van der Waals surface area contributed by atoms with Crippen molar-refractivity contribution < 1.29 is 19.7 Å². The average molecular weight is 200 g/mol. The van der Waals surface area contributed by atoms with E-state index < -0.39 is 23.6 Å². The highest BCUT2D eigenvalue weighted by molar-refractivity contribution is 5.70. The molecule has 1 saturated heterocycles. The van der Waals surface area contributed by atoms with Crippen molar-refractivity contribution in [2.24, 2.45) is 5.92 Å². The molecule has 0 aromatic heterocycles. The van der Waals surface area contributed by atoms with E-state index in [0.29, 0.717) is 6.42 Å². The standard InChI is InChI=1S/C10H16O4/c1-3-10(2)5-4-8(14-10)7(6-11)9(12)13/h3,7-8,11H,1,4-6H2,2H3,(H,12,13)/t7-,8+,10-/m0/s1. The minimum atomic E-state index is -1.01. The first-order valence-electron chi connectivity index (χ1n) is 4.67. The van der Waals surface area contributed by atoms with Crippen LogP contribution in [-0.2, 0) is 9.53 Å². The number of hydrogen-bond donors (Lipinski definition) is 2. The molecule has 0 aromatic rings. The zero-order chi connectivity index (χ0) is 10.8. The Morgan fingerprint density at radius 2 is 2.50 bits per heavy atom. The molecule has 1 heterocycles. The fourth-order valence-corrected chi connectivity index (χ4v) is 1.68. The van der Waals surface area contributed by atoms with E-state index in [0.717, 1.165) is 6.42 Å². The Morgan fingerprint density at radius 3 is 2.86 bits per heavy atom. The lowest BCUT2D eigenvalue weighted by atomic mass is 9.98. The minimum Gasteiger partial charge on any atom is -0.481 e. The molecule has 0 saturated carbocycles. The summed E-state index contributed by atoms with van der Waals surface area (Å²) in [5.74, 6) is -1.83. The van der Waals surface area contributed by atoms with E-state index in [9.17, 15) is 4.79 Å². The number of carbonyl (C=O) groups is 1. The van der Waals surface area contributed by atoms with Gasteiger partial charge in [0, 0.05) is 0 Å². The number of aliphatic hydroxyl groups excluding tert-OH is 1. The SMILES string of the molecule is C=C[C@@]1(C)CC[C@H]([C@H](CO)C(=O)O)O1. The van der Waals surface area contributed by atoms with E-state index >= 15 is 0 Å². The van der Waals surface area contributed by atoms with Crippen molar-refractivity contribution >= 4 is 5.97 Å². The average Bonchev–Trinajstić information content (AvgIpc) is 2.50. The van der Waals surface area contributed by atoms with Gasteiger partial charge >= 0.3 is 5.97 Å². The van der Waals surface area contributed by atoms with Gasteiger partial charge in [-0.3, -0.25) is 4.79 Å². The van der Waals surface area contributed by atoms with Crippen molar-refractivity contribution in [3.8, 4) is 0 Å². The van der Waals surface area contributed by atoms with Crippen molar-refractivity contribution in [2.75, 3.05) is 6.61 Å². The van der Waals surface area contributed by atoms with E-state index in [-0.39, 0.29) is 6.61 Å². The first-order valence-corrected chi connectivity index (χ1v) is 4.67. The van der Waals surface area contributed by atoms with Gasteiger partial charge in [0.2, 0.25) is 0 Å². The molecule has 4 nitrogen and oxygen atoms in total. The Kier molecular flexibility index (Phi) is 3.29.